The first kappa shape index (κ1) is 38.2. The lowest BCUT2D eigenvalue weighted by molar-refractivity contribution is -0.210. The van der Waals surface area contributed by atoms with Gasteiger partial charge in [0.25, 0.3) is 11.8 Å². The van der Waals surface area contributed by atoms with E-state index in [0.717, 1.165) is 16.7 Å². The van der Waals surface area contributed by atoms with Crippen molar-refractivity contribution in [1.82, 2.24) is 29.3 Å². The van der Waals surface area contributed by atoms with Gasteiger partial charge in [0.05, 0.1) is 29.2 Å². The van der Waals surface area contributed by atoms with E-state index in [9.17, 15) is 45.8 Å². The zero-order valence-corrected chi connectivity index (χ0v) is 29.6. The minimum absolute atomic E-state index is 0.0374. The second kappa shape index (κ2) is 15.1. The van der Waals surface area contributed by atoms with Gasteiger partial charge in [-0.05, 0) is 61.0 Å². The Morgan fingerprint density at radius 2 is 1.76 bits per heavy atom. The van der Waals surface area contributed by atoms with Crippen molar-refractivity contribution in [3.63, 3.8) is 0 Å². The summed E-state index contributed by atoms with van der Waals surface area (Å²) in [6.45, 7) is 0.0289. The third kappa shape index (κ3) is 7.89. The van der Waals surface area contributed by atoms with Crippen molar-refractivity contribution in [1.29, 1.82) is 0 Å². The van der Waals surface area contributed by atoms with Crippen LogP contribution in [0.4, 0.5) is 26.3 Å². The number of amides is 2. The Kier molecular flexibility index (Phi) is 10.7. The normalized spacial score (nSPS) is 15.1. The smallest absolute Gasteiger partial charge is 0.417 e. The number of benzene rings is 3. The molecule has 0 fully saturated rings. The number of carbonyl (C=O) groups excluding carboxylic acids is 2. The van der Waals surface area contributed by atoms with Gasteiger partial charge < -0.3 is 20.1 Å². The topological polar surface area (TPSA) is 132 Å². The maximum absolute atomic E-state index is 14.2. The number of carbonyl (C=O) groups is 2. The fourth-order valence-corrected chi connectivity index (χ4v) is 6.47. The monoisotopic (exact) mass is 818 g/mol. The summed E-state index contributed by atoms with van der Waals surface area (Å²) in [6.07, 6.45) is -9.46. The highest BCUT2D eigenvalue weighted by Gasteiger charge is 2.39. The van der Waals surface area contributed by atoms with E-state index in [4.69, 9.17) is 4.74 Å². The molecular weight excluding hydrogens is 790 g/mol. The van der Waals surface area contributed by atoms with E-state index in [1.54, 1.807) is 43.5 Å². The number of fused-ring (bicyclic) bond motifs is 1. The molecule has 2 amide bonds. The first-order valence-electron chi connectivity index (χ1n) is 16.2. The maximum Gasteiger partial charge on any atom is 0.417 e. The number of rotatable bonds is 9. The third-order valence-corrected chi connectivity index (χ3v) is 9.43. The lowest BCUT2D eigenvalue weighted by Crippen LogP contribution is -2.47. The van der Waals surface area contributed by atoms with Crippen LogP contribution in [0, 0.1) is 0 Å². The van der Waals surface area contributed by atoms with Gasteiger partial charge in [0.15, 0.2) is 6.10 Å². The number of hydrogen-bond donors (Lipinski definition) is 2. The fourth-order valence-electron chi connectivity index (χ4n) is 6.00. The Hall–Kier alpha value is -5.49. The van der Waals surface area contributed by atoms with Crippen LogP contribution in [0.3, 0.4) is 0 Å². The van der Waals surface area contributed by atoms with Gasteiger partial charge in [0.1, 0.15) is 24.4 Å². The Labute approximate surface area is 311 Å². The van der Waals surface area contributed by atoms with Crippen molar-refractivity contribution >= 4 is 27.7 Å². The first-order chi connectivity index (χ1) is 25.5. The molecule has 0 radical (unpaired) electrons. The van der Waals surface area contributed by atoms with E-state index in [0.29, 0.717) is 16.8 Å². The SMILES string of the molecule is C[C@@H]1Cn2c(c(C(=O)NCc3ccccc3-c3ccncn3)n(-c3ccc(OC[C@H](O)C(F)(F)F)cc3)c2=O)CN1C(=O)c1ccc(Br)c(C(F)(F)F)c1. The molecule has 0 bridgehead atoms. The van der Waals surface area contributed by atoms with Gasteiger partial charge in [-0.3, -0.25) is 18.7 Å². The van der Waals surface area contributed by atoms with Crippen molar-refractivity contribution in [3.8, 4) is 22.7 Å². The average Bonchev–Trinajstić information content (AvgIpc) is 3.42. The summed E-state index contributed by atoms with van der Waals surface area (Å²) in [5, 5.41) is 12.1. The Balaban J connectivity index is 1.37. The van der Waals surface area contributed by atoms with Crippen LogP contribution in [0.25, 0.3) is 16.9 Å². The highest BCUT2D eigenvalue weighted by molar-refractivity contribution is 9.10. The predicted molar refractivity (Wildman–Crippen MR) is 185 cm³/mol. The molecule has 1 aliphatic heterocycles. The standard InChI is InChI=1S/C36H29BrF6N6O5/c1-20-16-48-29(17-47(20)33(52)21-6-11-27(37)26(14-21)35(38,39)40)31(32(51)45-15-22-4-2-3-5-25(22)28-12-13-44-19-46-28)49(34(48)53)23-7-9-24(10-8-23)54-18-30(50)36(41,42)43/h2-14,19-20,30,50H,15-18H2,1H3,(H,45,51)/t20-,30+/m1/s1. The van der Waals surface area contributed by atoms with Crippen LogP contribution in [0.1, 0.15) is 44.6 Å². The van der Waals surface area contributed by atoms with Crippen molar-refractivity contribution in [2.75, 3.05) is 6.61 Å². The molecule has 0 saturated heterocycles. The zero-order valence-electron chi connectivity index (χ0n) is 28.0. The van der Waals surface area contributed by atoms with Crippen molar-refractivity contribution in [3.05, 3.63) is 128 Å². The molecule has 1 aliphatic rings. The first-order valence-corrected chi connectivity index (χ1v) is 17.0. The molecular formula is C36H29BrF6N6O5. The van der Waals surface area contributed by atoms with Crippen LogP contribution in [0.5, 0.6) is 5.75 Å². The number of hydrogen-bond acceptors (Lipinski definition) is 7. The molecule has 5 aromatic rings. The second-order valence-corrected chi connectivity index (χ2v) is 13.1. The molecule has 18 heteroatoms. The molecule has 54 heavy (non-hydrogen) atoms. The van der Waals surface area contributed by atoms with Gasteiger partial charge >= 0.3 is 18.0 Å². The number of aliphatic hydroxyl groups excluding tert-OH is 1. The number of alkyl halides is 6. The Bertz CT molecular complexity index is 2240. The molecule has 11 nitrogen and oxygen atoms in total. The van der Waals surface area contributed by atoms with Gasteiger partial charge in [-0.2, -0.15) is 26.3 Å². The van der Waals surface area contributed by atoms with Gasteiger partial charge in [0, 0.05) is 40.9 Å². The van der Waals surface area contributed by atoms with Crippen LogP contribution < -0.4 is 15.7 Å². The van der Waals surface area contributed by atoms with Crippen LogP contribution in [-0.2, 0) is 25.8 Å². The summed E-state index contributed by atoms with van der Waals surface area (Å²) in [5.74, 6) is -1.57. The van der Waals surface area contributed by atoms with Gasteiger partial charge in [0.2, 0.25) is 0 Å². The average molecular weight is 820 g/mol. The van der Waals surface area contributed by atoms with Gasteiger partial charge in [-0.15, -0.1) is 0 Å². The second-order valence-electron chi connectivity index (χ2n) is 12.3. The molecule has 0 saturated carbocycles. The largest absolute Gasteiger partial charge is 0.491 e. The van der Waals surface area contributed by atoms with Crippen molar-refractivity contribution in [2.45, 2.75) is 51.1 Å². The van der Waals surface area contributed by atoms with Crippen LogP contribution in [0.15, 0.2) is 94.6 Å². The molecule has 3 heterocycles. The molecule has 2 atom stereocenters. The van der Waals surface area contributed by atoms with Gasteiger partial charge in [-0.25, -0.2) is 14.8 Å². The van der Waals surface area contributed by atoms with Crippen LogP contribution in [0.2, 0.25) is 0 Å². The van der Waals surface area contributed by atoms with Crippen molar-refractivity contribution in [2.24, 2.45) is 0 Å². The summed E-state index contributed by atoms with van der Waals surface area (Å²) in [7, 11) is 0. The molecule has 282 valence electrons. The summed E-state index contributed by atoms with van der Waals surface area (Å²) in [6, 6.07) is 16.4. The molecule has 2 N–H and O–H groups in total. The molecule has 3 aromatic carbocycles. The minimum Gasteiger partial charge on any atom is -0.491 e. The summed E-state index contributed by atoms with van der Waals surface area (Å²) in [5.41, 5.74) is -0.0222. The number of ether oxygens (including phenoxy) is 1. The lowest BCUT2D eigenvalue weighted by atomic mass is 10.0. The van der Waals surface area contributed by atoms with E-state index in [2.05, 4.69) is 31.2 Å². The quantitative estimate of drug-likeness (QED) is 0.171. The highest BCUT2D eigenvalue weighted by Crippen LogP contribution is 2.36. The summed E-state index contributed by atoms with van der Waals surface area (Å²) >= 11 is 2.88. The van der Waals surface area contributed by atoms with E-state index in [1.165, 1.54) is 46.1 Å². The van der Waals surface area contributed by atoms with E-state index in [1.807, 2.05) is 0 Å². The highest BCUT2D eigenvalue weighted by atomic mass is 79.9. The zero-order chi connectivity index (χ0) is 38.9. The van der Waals surface area contributed by atoms with E-state index >= 15 is 0 Å². The lowest BCUT2D eigenvalue weighted by Gasteiger charge is -2.34. The summed E-state index contributed by atoms with van der Waals surface area (Å²) < 4.78 is 86.7. The third-order valence-electron chi connectivity index (χ3n) is 8.73. The molecule has 0 spiro atoms. The molecule has 0 aliphatic carbocycles. The number of halogens is 7. The number of aliphatic hydroxyl groups is 1. The van der Waals surface area contributed by atoms with E-state index in [-0.39, 0.29) is 52.5 Å². The van der Waals surface area contributed by atoms with E-state index < -0.39 is 54.2 Å². The fraction of sp³-hybridized carbons (Fsp3) is 0.250. The Morgan fingerprint density at radius 3 is 2.43 bits per heavy atom. The van der Waals surface area contributed by atoms with Gasteiger partial charge in [-0.1, -0.05) is 40.2 Å². The Morgan fingerprint density at radius 1 is 1.04 bits per heavy atom. The molecule has 2 aromatic heterocycles. The van der Waals surface area contributed by atoms with Crippen molar-refractivity contribution < 1.29 is 45.8 Å². The van der Waals surface area contributed by atoms with Crippen LogP contribution >= 0.6 is 15.9 Å². The molecule has 6 rings (SSSR count). The molecule has 0 unspecified atom stereocenters. The number of nitrogens with one attached hydrogen (secondary N) is 1. The number of nitrogens with zero attached hydrogens (tertiary/aromatic N) is 5. The maximum atomic E-state index is 14.2. The minimum atomic E-state index is -4.90. The summed E-state index contributed by atoms with van der Waals surface area (Å²) in [4.78, 5) is 51.5. The predicted octanol–water partition coefficient (Wildman–Crippen LogP) is 6.15. The number of imidazole rings is 1. The van der Waals surface area contributed by atoms with Crippen LogP contribution in [-0.4, -0.2) is 65.9 Å². The number of aromatic nitrogens is 4.